The number of aryl methyl sites for hydroxylation is 2. The van der Waals surface area contributed by atoms with Gasteiger partial charge in [-0.2, -0.15) is 5.10 Å². The van der Waals surface area contributed by atoms with Crippen molar-refractivity contribution in [2.45, 2.75) is 39.4 Å². The molecule has 2 heterocycles. The van der Waals surface area contributed by atoms with E-state index in [9.17, 15) is 0 Å². The summed E-state index contributed by atoms with van der Waals surface area (Å²) in [7, 11) is 1.94. The lowest BCUT2D eigenvalue weighted by atomic mass is 10.3. The molecule has 0 bridgehead atoms. The molecule has 0 fully saturated rings. The van der Waals surface area contributed by atoms with Crippen LogP contribution in [0.25, 0.3) is 0 Å². The lowest BCUT2D eigenvalue weighted by molar-refractivity contribution is 0.488. The zero-order valence-corrected chi connectivity index (χ0v) is 11.0. The van der Waals surface area contributed by atoms with Gasteiger partial charge >= 0.3 is 0 Å². The number of nitrogens with one attached hydrogen (secondary N) is 1. The lowest BCUT2D eigenvalue weighted by Crippen LogP contribution is -2.23. The van der Waals surface area contributed by atoms with Crippen LogP contribution in [0.3, 0.4) is 0 Å². The molecular weight excluding hydrogens is 230 g/mol. The first-order valence-corrected chi connectivity index (χ1v) is 6.16. The molecule has 18 heavy (non-hydrogen) atoms. The molecule has 2 aromatic rings. The van der Waals surface area contributed by atoms with Gasteiger partial charge in [0.25, 0.3) is 0 Å². The Hall–Kier alpha value is -1.76. The van der Waals surface area contributed by atoms with E-state index in [0.29, 0.717) is 6.54 Å². The normalized spacial score (nSPS) is 12.8. The van der Waals surface area contributed by atoms with E-state index in [1.165, 1.54) is 0 Å². The van der Waals surface area contributed by atoms with Gasteiger partial charge in [-0.15, -0.1) is 10.2 Å². The zero-order chi connectivity index (χ0) is 13.0. The fraction of sp³-hybridized carbons (Fsp3) is 0.636. The summed E-state index contributed by atoms with van der Waals surface area (Å²) in [6.45, 7) is 5.76. The highest BCUT2D eigenvalue weighted by molar-refractivity contribution is 4.93. The van der Waals surface area contributed by atoms with E-state index in [0.717, 1.165) is 24.6 Å². The molecule has 0 aliphatic carbocycles. The summed E-state index contributed by atoms with van der Waals surface area (Å²) in [5.41, 5.74) is 0. The van der Waals surface area contributed by atoms with Crippen molar-refractivity contribution in [1.29, 1.82) is 0 Å². The van der Waals surface area contributed by atoms with Gasteiger partial charge < -0.3 is 9.88 Å². The maximum Gasteiger partial charge on any atom is 0.149 e. The average molecular weight is 249 g/mol. The SMILES string of the molecule is CCCn1ncnc1CNC(C)c1nncn1C. The predicted molar refractivity (Wildman–Crippen MR) is 66.6 cm³/mol. The molecule has 1 unspecified atom stereocenters. The highest BCUT2D eigenvalue weighted by Gasteiger charge is 2.12. The maximum absolute atomic E-state index is 4.26. The van der Waals surface area contributed by atoms with Crippen LogP contribution in [0.5, 0.6) is 0 Å². The van der Waals surface area contributed by atoms with Crippen LogP contribution in [0.2, 0.25) is 0 Å². The minimum absolute atomic E-state index is 0.129. The fourth-order valence-electron chi connectivity index (χ4n) is 1.84. The molecule has 0 spiro atoms. The van der Waals surface area contributed by atoms with Crippen molar-refractivity contribution in [2.24, 2.45) is 7.05 Å². The van der Waals surface area contributed by atoms with Gasteiger partial charge in [-0.25, -0.2) is 9.67 Å². The highest BCUT2D eigenvalue weighted by atomic mass is 15.3. The Morgan fingerprint density at radius 3 is 2.94 bits per heavy atom. The molecular formula is C11H19N7. The van der Waals surface area contributed by atoms with Gasteiger partial charge in [0.1, 0.15) is 24.3 Å². The Bertz CT molecular complexity index is 487. The molecule has 2 aromatic heterocycles. The van der Waals surface area contributed by atoms with Crippen LogP contribution < -0.4 is 5.32 Å². The third-order valence-corrected chi connectivity index (χ3v) is 2.83. The molecule has 1 atom stereocenters. The molecule has 7 nitrogen and oxygen atoms in total. The Balaban J connectivity index is 1.95. The Morgan fingerprint density at radius 2 is 2.28 bits per heavy atom. The highest BCUT2D eigenvalue weighted by Crippen LogP contribution is 2.08. The molecule has 2 rings (SSSR count). The van der Waals surface area contributed by atoms with Crippen LogP contribution in [-0.4, -0.2) is 29.5 Å². The van der Waals surface area contributed by atoms with Gasteiger partial charge in [-0.1, -0.05) is 6.92 Å². The molecule has 7 heteroatoms. The second kappa shape index (κ2) is 5.72. The topological polar surface area (TPSA) is 73.5 Å². The van der Waals surface area contributed by atoms with Crippen molar-refractivity contribution in [3.05, 3.63) is 24.3 Å². The summed E-state index contributed by atoms with van der Waals surface area (Å²) in [6, 6.07) is 0.129. The minimum Gasteiger partial charge on any atom is -0.319 e. The third kappa shape index (κ3) is 2.73. The largest absolute Gasteiger partial charge is 0.319 e. The van der Waals surface area contributed by atoms with Crippen molar-refractivity contribution >= 4 is 0 Å². The van der Waals surface area contributed by atoms with Gasteiger partial charge in [-0.05, 0) is 13.3 Å². The second-order valence-electron chi connectivity index (χ2n) is 4.30. The van der Waals surface area contributed by atoms with E-state index in [1.807, 2.05) is 16.3 Å². The van der Waals surface area contributed by atoms with Gasteiger partial charge in [0, 0.05) is 13.6 Å². The van der Waals surface area contributed by atoms with Crippen LogP contribution in [-0.2, 0) is 20.1 Å². The zero-order valence-electron chi connectivity index (χ0n) is 11.0. The van der Waals surface area contributed by atoms with Crippen molar-refractivity contribution in [3.8, 4) is 0 Å². The molecule has 0 amide bonds. The molecule has 0 saturated carbocycles. The van der Waals surface area contributed by atoms with Crippen LogP contribution in [0, 0.1) is 0 Å². The lowest BCUT2D eigenvalue weighted by Gasteiger charge is -2.12. The first-order valence-electron chi connectivity index (χ1n) is 6.16. The maximum atomic E-state index is 4.26. The standard InChI is InChI=1S/C11H19N7/c1-4-5-18-10(13-7-15-18)6-12-9(2)11-16-14-8-17(11)3/h7-9,12H,4-6H2,1-3H3. The predicted octanol–water partition coefficient (Wildman–Crippen LogP) is 0.667. The molecule has 1 N–H and O–H groups in total. The van der Waals surface area contributed by atoms with Gasteiger partial charge in [0.05, 0.1) is 12.6 Å². The Morgan fingerprint density at radius 1 is 1.44 bits per heavy atom. The van der Waals surface area contributed by atoms with Crippen LogP contribution in [0.4, 0.5) is 0 Å². The van der Waals surface area contributed by atoms with Crippen molar-refractivity contribution in [1.82, 2.24) is 34.8 Å². The third-order valence-electron chi connectivity index (χ3n) is 2.83. The van der Waals surface area contributed by atoms with E-state index < -0.39 is 0 Å². The molecule has 0 aliphatic heterocycles. The van der Waals surface area contributed by atoms with E-state index >= 15 is 0 Å². The van der Waals surface area contributed by atoms with Crippen LogP contribution >= 0.6 is 0 Å². The summed E-state index contributed by atoms with van der Waals surface area (Å²) < 4.78 is 3.84. The average Bonchev–Trinajstić information content (AvgIpc) is 2.96. The second-order valence-corrected chi connectivity index (χ2v) is 4.30. The fourth-order valence-corrected chi connectivity index (χ4v) is 1.84. The number of hydrogen-bond acceptors (Lipinski definition) is 5. The Kier molecular flexibility index (Phi) is 4.03. The van der Waals surface area contributed by atoms with Crippen LogP contribution in [0.15, 0.2) is 12.7 Å². The first kappa shape index (κ1) is 12.7. The molecule has 0 aromatic carbocycles. The van der Waals surface area contributed by atoms with Gasteiger partial charge in [-0.3, -0.25) is 0 Å². The summed E-state index contributed by atoms with van der Waals surface area (Å²) in [5.74, 6) is 1.86. The summed E-state index contributed by atoms with van der Waals surface area (Å²) in [5, 5.41) is 15.5. The van der Waals surface area contributed by atoms with Crippen molar-refractivity contribution in [2.75, 3.05) is 0 Å². The minimum atomic E-state index is 0.129. The Labute approximate surface area is 106 Å². The molecule has 0 saturated heterocycles. The van der Waals surface area contributed by atoms with Crippen molar-refractivity contribution in [3.63, 3.8) is 0 Å². The molecule has 0 aliphatic rings. The first-order chi connectivity index (χ1) is 8.72. The quantitative estimate of drug-likeness (QED) is 0.814. The van der Waals surface area contributed by atoms with Crippen molar-refractivity contribution < 1.29 is 0 Å². The molecule has 0 radical (unpaired) electrons. The van der Waals surface area contributed by atoms with Crippen LogP contribution in [0.1, 0.15) is 38.0 Å². The van der Waals surface area contributed by atoms with E-state index in [2.05, 4.69) is 39.4 Å². The number of rotatable bonds is 6. The summed E-state index contributed by atoms with van der Waals surface area (Å²) >= 11 is 0. The van der Waals surface area contributed by atoms with E-state index in [-0.39, 0.29) is 6.04 Å². The summed E-state index contributed by atoms with van der Waals surface area (Å²) in [6.07, 6.45) is 4.35. The molecule has 98 valence electrons. The number of hydrogen-bond donors (Lipinski definition) is 1. The van der Waals surface area contributed by atoms with E-state index in [4.69, 9.17) is 0 Å². The van der Waals surface area contributed by atoms with E-state index in [1.54, 1.807) is 12.7 Å². The summed E-state index contributed by atoms with van der Waals surface area (Å²) in [4.78, 5) is 4.26. The smallest absolute Gasteiger partial charge is 0.149 e. The number of nitrogens with zero attached hydrogens (tertiary/aromatic N) is 6. The number of aromatic nitrogens is 6. The van der Waals surface area contributed by atoms with Gasteiger partial charge in [0.15, 0.2) is 0 Å². The monoisotopic (exact) mass is 249 g/mol. The van der Waals surface area contributed by atoms with Gasteiger partial charge in [0.2, 0.25) is 0 Å².